The van der Waals surface area contributed by atoms with Crippen LogP contribution in [-0.2, 0) is 0 Å². The highest BCUT2D eigenvalue weighted by atomic mass is 19.1. The second-order valence-electron chi connectivity index (χ2n) is 5.55. The predicted molar refractivity (Wildman–Crippen MR) is 80.7 cm³/mol. The highest BCUT2D eigenvalue weighted by molar-refractivity contribution is 5.44. The van der Waals surface area contributed by atoms with E-state index >= 15 is 0 Å². The normalized spacial score (nSPS) is 16.8. The zero-order valence-corrected chi connectivity index (χ0v) is 12.5. The maximum atomic E-state index is 14.0. The van der Waals surface area contributed by atoms with Crippen molar-refractivity contribution in [3.63, 3.8) is 0 Å². The van der Waals surface area contributed by atoms with Gasteiger partial charge in [0.1, 0.15) is 0 Å². The highest BCUT2D eigenvalue weighted by Gasteiger charge is 2.21. The predicted octanol–water partition coefficient (Wildman–Crippen LogP) is 3.60. The van der Waals surface area contributed by atoms with Crippen LogP contribution in [0.2, 0.25) is 0 Å². The van der Waals surface area contributed by atoms with Gasteiger partial charge in [-0.05, 0) is 19.3 Å². The van der Waals surface area contributed by atoms with Gasteiger partial charge >= 0.3 is 0 Å². The highest BCUT2D eigenvalue weighted by Crippen LogP contribution is 2.26. The maximum absolute atomic E-state index is 14.0. The summed E-state index contributed by atoms with van der Waals surface area (Å²) in [5.74, 6) is 0.605. The van der Waals surface area contributed by atoms with Crippen molar-refractivity contribution in [2.75, 3.05) is 23.8 Å². The van der Waals surface area contributed by atoms with Gasteiger partial charge in [-0.15, -0.1) is 0 Å². The summed E-state index contributed by atoms with van der Waals surface area (Å²) in [6.45, 7) is 2.88. The topological polar surface area (TPSA) is 41.1 Å². The Balaban J connectivity index is 2.12. The summed E-state index contributed by atoms with van der Waals surface area (Å²) < 4.78 is 14.0. The Morgan fingerprint density at radius 3 is 2.65 bits per heavy atom. The van der Waals surface area contributed by atoms with Crippen LogP contribution in [0, 0.1) is 5.82 Å². The summed E-state index contributed by atoms with van der Waals surface area (Å²) in [6.07, 6.45) is 9.54. The van der Waals surface area contributed by atoms with Crippen molar-refractivity contribution in [1.29, 1.82) is 0 Å². The van der Waals surface area contributed by atoms with Crippen LogP contribution in [0.1, 0.15) is 51.9 Å². The fraction of sp³-hybridized carbons (Fsp3) is 0.733. The molecule has 0 spiro atoms. The van der Waals surface area contributed by atoms with Crippen LogP contribution in [0.25, 0.3) is 0 Å². The average molecular weight is 280 g/mol. The second-order valence-corrected chi connectivity index (χ2v) is 5.55. The van der Waals surface area contributed by atoms with Gasteiger partial charge < -0.3 is 10.2 Å². The van der Waals surface area contributed by atoms with E-state index in [9.17, 15) is 4.39 Å². The van der Waals surface area contributed by atoms with Crippen LogP contribution in [0.3, 0.4) is 0 Å². The number of hydrogen-bond acceptors (Lipinski definition) is 4. The second kappa shape index (κ2) is 7.41. The third-order valence-electron chi connectivity index (χ3n) is 3.97. The van der Waals surface area contributed by atoms with Crippen LogP contribution >= 0.6 is 0 Å². The summed E-state index contributed by atoms with van der Waals surface area (Å²) in [6, 6.07) is 0.390. The lowest BCUT2D eigenvalue weighted by molar-refractivity contribution is 0.530. The zero-order valence-electron chi connectivity index (χ0n) is 12.5. The molecule has 1 aromatic heterocycles. The van der Waals surface area contributed by atoms with Gasteiger partial charge in [0.05, 0.1) is 6.20 Å². The molecule has 1 aromatic rings. The molecule has 0 unspecified atom stereocenters. The quantitative estimate of drug-likeness (QED) is 0.837. The summed E-state index contributed by atoms with van der Waals surface area (Å²) in [7, 11) is 1.95. The number of aromatic nitrogens is 2. The van der Waals surface area contributed by atoms with Crippen molar-refractivity contribution in [3.8, 4) is 0 Å². The Morgan fingerprint density at radius 1 is 1.30 bits per heavy atom. The SMILES string of the molecule is CCCNc1ncc(F)c(N(C)C2CCCCCC2)n1. The third-order valence-corrected chi connectivity index (χ3v) is 3.97. The van der Waals surface area contributed by atoms with E-state index in [4.69, 9.17) is 0 Å². The number of rotatable bonds is 5. The van der Waals surface area contributed by atoms with Gasteiger partial charge in [0.15, 0.2) is 11.6 Å². The molecule has 0 bridgehead atoms. The molecular formula is C15H25FN4. The Hall–Kier alpha value is -1.39. The minimum Gasteiger partial charge on any atom is -0.354 e. The van der Waals surface area contributed by atoms with Gasteiger partial charge in [0.25, 0.3) is 0 Å². The van der Waals surface area contributed by atoms with Crippen molar-refractivity contribution in [3.05, 3.63) is 12.0 Å². The molecule has 1 aliphatic carbocycles. The van der Waals surface area contributed by atoms with E-state index in [2.05, 4.69) is 22.2 Å². The van der Waals surface area contributed by atoms with Crippen molar-refractivity contribution >= 4 is 11.8 Å². The molecule has 4 nitrogen and oxygen atoms in total. The van der Waals surface area contributed by atoms with E-state index in [0.29, 0.717) is 17.8 Å². The van der Waals surface area contributed by atoms with Crippen LogP contribution < -0.4 is 10.2 Å². The molecule has 0 atom stereocenters. The molecule has 1 heterocycles. The lowest BCUT2D eigenvalue weighted by Gasteiger charge is -2.28. The molecule has 0 radical (unpaired) electrons. The molecule has 20 heavy (non-hydrogen) atoms. The maximum Gasteiger partial charge on any atom is 0.224 e. The fourth-order valence-corrected chi connectivity index (χ4v) is 2.75. The van der Waals surface area contributed by atoms with Crippen LogP contribution in [0.15, 0.2) is 6.20 Å². The van der Waals surface area contributed by atoms with Crippen LogP contribution in [-0.4, -0.2) is 29.6 Å². The molecule has 112 valence electrons. The van der Waals surface area contributed by atoms with Gasteiger partial charge in [-0.1, -0.05) is 32.6 Å². The first kappa shape index (κ1) is 15.0. The van der Waals surface area contributed by atoms with Gasteiger partial charge in [-0.2, -0.15) is 4.98 Å². The minimum absolute atomic E-state index is 0.334. The van der Waals surface area contributed by atoms with Crippen molar-refractivity contribution in [2.45, 2.75) is 57.9 Å². The first-order chi connectivity index (χ1) is 9.72. The van der Waals surface area contributed by atoms with Crippen LogP contribution in [0.5, 0.6) is 0 Å². The van der Waals surface area contributed by atoms with Gasteiger partial charge in [0, 0.05) is 19.6 Å². The lowest BCUT2D eigenvalue weighted by Crippen LogP contribution is -2.32. The Labute approximate surface area is 120 Å². The molecule has 1 aliphatic rings. The molecule has 1 N–H and O–H groups in total. The molecule has 1 saturated carbocycles. The first-order valence-electron chi connectivity index (χ1n) is 7.71. The molecule has 0 aromatic carbocycles. The summed E-state index contributed by atoms with van der Waals surface area (Å²) >= 11 is 0. The number of nitrogens with zero attached hydrogens (tertiary/aromatic N) is 3. The van der Waals surface area contributed by atoms with Crippen LogP contribution in [0.4, 0.5) is 16.2 Å². The van der Waals surface area contributed by atoms with Crippen molar-refractivity contribution in [2.24, 2.45) is 0 Å². The molecule has 1 fully saturated rings. The van der Waals surface area contributed by atoms with E-state index in [1.165, 1.54) is 31.9 Å². The number of nitrogens with one attached hydrogen (secondary N) is 1. The third kappa shape index (κ3) is 3.81. The zero-order chi connectivity index (χ0) is 14.4. The number of anilines is 2. The monoisotopic (exact) mass is 280 g/mol. The van der Waals surface area contributed by atoms with Crippen molar-refractivity contribution in [1.82, 2.24) is 9.97 Å². The smallest absolute Gasteiger partial charge is 0.224 e. The van der Waals surface area contributed by atoms with E-state index in [1.807, 2.05) is 11.9 Å². The van der Waals surface area contributed by atoms with E-state index in [0.717, 1.165) is 25.8 Å². The summed E-state index contributed by atoms with van der Waals surface area (Å²) in [4.78, 5) is 10.3. The number of halogens is 1. The number of hydrogen-bond donors (Lipinski definition) is 1. The minimum atomic E-state index is -0.334. The van der Waals surface area contributed by atoms with Gasteiger partial charge in [-0.25, -0.2) is 9.37 Å². The molecule has 5 heteroatoms. The van der Waals surface area contributed by atoms with E-state index < -0.39 is 0 Å². The Morgan fingerprint density at radius 2 is 2.00 bits per heavy atom. The average Bonchev–Trinajstić information content (AvgIpc) is 2.75. The van der Waals surface area contributed by atoms with Gasteiger partial charge in [-0.3, -0.25) is 0 Å². The summed E-state index contributed by atoms with van der Waals surface area (Å²) in [5.41, 5.74) is 0. The molecule has 0 saturated heterocycles. The fourth-order valence-electron chi connectivity index (χ4n) is 2.75. The Kier molecular flexibility index (Phi) is 5.56. The first-order valence-corrected chi connectivity index (χ1v) is 7.71. The van der Waals surface area contributed by atoms with E-state index in [1.54, 1.807) is 0 Å². The summed E-state index contributed by atoms with van der Waals surface area (Å²) in [5, 5.41) is 3.12. The molecule has 0 aliphatic heterocycles. The van der Waals surface area contributed by atoms with Crippen molar-refractivity contribution < 1.29 is 4.39 Å². The largest absolute Gasteiger partial charge is 0.354 e. The molecule has 0 amide bonds. The van der Waals surface area contributed by atoms with Gasteiger partial charge in [0.2, 0.25) is 5.95 Å². The lowest BCUT2D eigenvalue weighted by atomic mass is 10.1. The molecule has 2 rings (SSSR count). The molecular weight excluding hydrogens is 255 g/mol. The standard InChI is InChI=1S/C15H25FN4/c1-3-10-17-15-18-11-13(16)14(19-15)20(2)12-8-6-4-5-7-9-12/h11-12H,3-10H2,1-2H3,(H,17,18,19). The Bertz CT molecular complexity index is 416. The van der Waals surface area contributed by atoms with E-state index in [-0.39, 0.29) is 5.82 Å².